The fourth-order valence-corrected chi connectivity index (χ4v) is 3.47. The van der Waals surface area contributed by atoms with E-state index < -0.39 is 0 Å². The van der Waals surface area contributed by atoms with E-state index in [1.807, 2.05) is 12.4 Å². The van der Waals surface area contributed by atoms with E-state index in [0.717, 1.165) is 29.7 Å². The maximum Gasteiger partial charge on any atom is 0.205 e. The summed E-state index contributed by atoms with van der Waals surface area (Å²) in [5, 5.41) is 1.02. The maximum absolute atomic E-state index is 4.76. The lowest BCUT2D eigenvalue weighted by Gasteiger charge is -2.34. The highest BCUT2D eigenvalue weighted by Gasteiger charge is 2.29. The van der Waals surface area contributed by atoms with Crippen molar-refractivity contribution in [2.24, 2.45) is 0 Å². The third kappa shape index (κ3) is 2.57. The average molecular weight is 291 g/mol. The van der Waals surface area contributed by atoms with E-state index in [0.29, 0.717) is 6.04 Å². The number of aromatic nitrogens is 4. The van der Waals surface area contributed by atoms with Crippen molar-refractivity contribution >= 4 is 16.7 Å². The quantitative estimate of drug-likeness (QED) is 0.922. The van der Waals surface area contributed by atoms with Crippen molar-refractivity contribution < 1.29 is 0 Å². The molecule has 0 aromatic carbocycles. The number of piperidine rings is 1. The summed E-state index contributed by atoms with van der Waals surface area (Å²) in [6.07, 6.45) is 7.29. The number of nitrogens with zero attached hydrogens (tertiary/aromatic N) is 4. The zero-order chi connectivity index (χ0) is 14.2. The molecule has 1 fully saturated rings. The predicted molar refractivity (Wildman–Crippen MR) is 81.1 cm³/mol. The molecule has 3 heterocycles. The molecule has 0 aliphatic carbocycles. The number of aromatic amines is 1. The first kappa shape index (κ1) is 13.5. The van der Waals surface area contributed by atoms with Crippen molar-refractivity contribution in [1.82, 2.24) is 19.3 Å². The van der Waals surface area contributed by atoms with E-state index in [9.17, 15) is 0 Å². The standard InChI is InChI=1S/C14H21N5S/c1-14(2,3)12-17-13(20-18-12)19-9-5-4-6-10(19)11-15-7-8-16-11/h7-8,10H,4-6,9H2,1-3H3,(H,15,16). The Morgan fingerprint density at radius 2 is 2.20 bits per heavy atom. The molecular weight excluding hydrogens is 270 g/mol. The van der Waals surface area contributed by atoms with Crippen LogP contribution in [0.3, 0.4) is 0 Å². The Morgan fingerprint density at radius 1 is 1.35 bits per heavy atom. The van der Waals surface area contributed by atoms with Crippen LogP contribution >= 0.6 is 11.5 Å². The van der Waals surface area contributed by atoms with Crippen LogP contribution in [0.5, 0.6) is 0 Å². The van der Waals surface area contributed by atoms with Gasteiger partial charge < -0.3 is 9.88 Å². The Balaban J connectivity index is 1.88. The summed E-state index contributed by atoms with van der Waals surface area (Å²) in [6, 6.07) is 0.305. The zero-order valence-corrected chi connectivity index (χ0v) is 13.1. The molecule has 2 aromatic rings. The van der Waals surface area contributed by atoms with E-state index in [4.69, 9.17) is 4.98 Å². The van der Waals surface area contributed by atoms with Gasteiger partial charge in [0, 0.05) is 35.9 Å². The Labute approximate surface area is 123 Å². The summed E-state index contributed by atoms with van der Waals surface area (Å²) in [7, 11) is 0. The van der Waals surface area contributed by atoms with Crippen LogP contribution in [0.25, 0.3) is 0 Å². The molecule has 0 saturated carbocycles. The first-order valence-corrected chi connectivity index (χ1v) is 7.93. The molecule has 0 amide bonds. The van der Waals surface area contributed by atoms with Crippen LogP contribution < -0.4 is 4.90 Å². The minimum absolute atomic E-state index is 0.00468. The molecule has 1 unspecified atom stereocenters. The Hall–Kier alpha value is -1.43. The minimum atomic E-state index is 0.00468. The van der Waals surface area contributed by atoms with E-state index >= 15 is 0 Å². The van der Waals surface area contributed by atoms with Crippen LogP contribution in [0.2, 0.25) is 0 Å². The topological polar surface area (TPSA) is 57.7 Å². The fraction of sp³-hybridized carbons (Fsp3) is 0.643. The highest BCUT2D eigenvalue weighted by Crippen LogP contribution is 2.35. The molecule has 1 saturated heterocycles. The van der Waals surface area contributed by atoms with E-state index in [2.05, 4.69) is 40.0 Å². The number of hydrogen-bond acceptors (Lipinski definition) is 5. The molecule has 1 aliphatic rings. The van der Waals surface area contributed by atoms with Crippen LogP contribution in [-0.2, 0) is 5.41 Å². The number of rotatable bonds is 2. The van der Waals surface area contributed by atoms with Crippen molar-refractivity contribution in [2.75, 3.05) is 11.4 Å². The first-order valence-electron chi connectivity index (χ1n) is 7.16. The van der Waals surface area contributed by atoms with E-state index in [1.54, 1.807) is 0 Å². The van der Waals surface area contributed by atoms with E-state index in [-0.39, 0.29) is 5.41 Å². The average Bonchev–Trinajstić information content (AvgIpc) is 3.10. The predicted octanol–water partition coefficient (Wildman–Crippen LogP) is 3.29. The molecule has 5 nitrogen and oxygen atoms in total. The number of nitrogens with one attached hydrogen (secondary N) is 1. The van der Waals surface area contributed by atoms with Gasteiger partial charge in [0.05, 0.1) is 6.04 Å². The van der Waals surface area contributed by atoms with Gasteiger partial charge in [0.25, 0.3) is 0 Å². The molecule has 0 spiro atoms. The normalized spacial score (nSPS) is 20.4. The van der Waals surface area contributed by atoms with Crippen LogP contribution in [-0.4, -0.2) is 25.9 Å². The second-order valence-electron chi connectivity index (χ2n) is 6.33. The van der Waals surface area contributed by atoms with Crippen LogP contribution in [0.1, 0.15) is 57.7 Å². The Morgan fingerprint density at radius 3 is 2.85 bits per heavy atom. The molecule has 2 aromatic heterocycles. The summed E-state index contributed by atoms with van der Waals surface area (Å²) in [5.74, 6) is 1.97. The monoisotopic (exact) mass is 291 g/mol. The highest BCUT2D eigenvalue weighted by atomic mass is 32.1. The van der Waals surface area contributed by atoms with Gasteiger partial charge in [-0.1, -0.05) is 20.8 Å². The number of H-pyrrole nitrogens is 1. The minimum Gasteiger partial charge on any atom is -0.347 e. The van der Waals surface area contributed by atoms with Gasteiger partial charge in [-0.25, -0.2) is 9.97 Å². The maximum atomic E-state index is 4.76. The van der Waals surface area contributed by atoms with Gasteiger partial charge in [0.1, 0.15) is 11.6 Å². The van der Waals surface area contributed by atoms with Crippen LogP contribution in [0, 0.1) is 0 Å². The smallest absolute Gasteiger partial charge is 0.205 e. The molecule has 0 radical (unpaired) electrons. The molecule has 0 bridgehead atoms. The van der Waals surface area contributed by atoms with Gasteiger partial charge >= 0.3 is 0 Å². The highest BCUT2D eigenvalue weighted by molar-refractivity contribution is 7.09. The van der Waals surface area contributed by atoms with Crippen molar-refractivity contribution in [2.45, 2.75) is 51.5 Å². The zero-order valence-electron chi connectivity index (χ0n) is 12.3. The van der Waals surface area contributed by atoms with Gasteiger partial charge in [0.15, 0.2) is 0 Å². The van der Waals surface area contributed by atoms with Crippen molar-refractivity contribution in [1.29, 1.82) is 0 Å². The van der Waals surface area contributed by atoms with Crippen molar-refractivity contribution in [3.05, 3.63) is 24.0 Å². The van der Waals surface area contributed by atoms with Gasteiger partial charge in [-0.3, -0.25) is 0 Å². The number of hydrogen-bond donors (Lipinski definition) is 1. The van der Waals surface area contributed by atoms with Crippen LogP contribution in [0.15, 0.2) is 12.4 Å². The molecule has 1 aliphatic heterocycles. The molecular formula is C14H21N5S. The summed E-state index contributed by atoms with van der Waals surface area (Å²) in [4.78, 5) is 14.8. The summed E-state index contributed by atoms with van der Waals surface area (Å²) < 4.78 is 4.54. The molecule has 108 valence electrons. The van der Waals surface area contributed by atoms with Gasteiger partial charge in [0.2, 0.25) is 5.13 Å². The molecule has 20 heavy (non-hydrogen) atoms. The summed E-state index contributed by atoms with van der Waals surface area (Å²) >= 11 is 1.51. The molecule has 6 heteroatoms. The lowest BCUT2D eigenvalue weighted by molar-refractivity contribution is 0.456. The number of imidazole rings is 1. The molecule has 3 rings (SSSR count). The molecule has 1 N–H and O–H groups in total. The fourth-order valence-electron chi connectivity index (χ4n) is 2.54. The summed E-state index contributed by atoms with van der Waals surface area (Å²) in [5.41, 5.74) is 0.00468. The first-order chi connectivity index (χ1) is 9.55. The third-order valence-corrected chi connectivity index (χ3v) is 4.42. The third-order valence-electron chi connectivity index (χ3n) is 3.67. The number of anilines is 1. The van der Waals surface area contributed by atoms with Crippen molar-refractivity contribution in [3.63, 3.8) is 0 Å². The van der Waals surface area contributed by atoms with Crippen molar-refractivity contribution in [3.8, 4) is 0 Å². The summed E-state index contributed by atoms with van der Waals surface area (Å²) in [6.45, 7) is 7.49. The lowest BCUT2D eigenvalue weighted by Crippen LogP contribution is -2.34. The molecule has 1 atom stereocenters. The Bertz CT molecular complexity index is 554. The Kier molecular flexibility index (Phi) is 3.50. The van der Waals surface area contributed by atoms with Gasteiger partial charge in [-0.15, -0.1) is 0 Å². The second-order valence-corrected chi connectivity index (χ2v) is 7.06. The van der Waals surface area contributed by atoms with Crippen LogP contribution in [0.4, 0.5) is 5.13 Å². The van der Waals surface area contributed by atoms with Gasteiger partial charge in [-0.05, 0) is 19.3 Å². The SMILES string of the molecule is CC(C)(C)c1nsc(N2CCCCC2c2ncc[nH]2)n1. The lowest BCUT2D eigenvalue weighted by atomic mass is 9.96. The second kappa shape index (κ2) is 5.16. The van der Waals surface area contributed by atoms with E-state index in [1.165, 1.54) is 24.4 Å². The largest absolute Gasteiger partial charge is 0.347 e. The van der Waals surface area contributed by atoms with Gasteiger partial charge in [-0.2, -0.15) is 4.37 Å².